The van der Waals surface area contributed by atoms with Crippen LogP contribution in [-0.4, -0.2) is 37.7 Å². The minimum absolute atomic E-state index is 0.0268. The molecule has 7 heteroatoms. The Morgan fingerprint density at radius 2 is 1.94 bits per heavy atom. The van der Waals surface area contributed by atoms with Crippen molar-refractivity contribution in [2.75, 3.05) is 26.7 Å². The molecule has 0 bridgehead atoms. The molecule has 1 aromatic rings. The summed E-state index contributed by atoms with van der Waals surface area (Å²) in [6.07, 6.45) is 1.97. The summed E-state index contributed by atoms with van der Waals surface area (Å²) in [5.74, 6) is 0.337. The quantitative estimate of drug-likeness (QED) is 0.781. The number of hydrogen-bond donors (Lipinski definition) is 1. The number of ether oxygens (including phenoxy) is 2. The summed E-state index contributed by atoms with van der Waals surface area (Å²) in [4.78, 5) is 2.23. The van der Waals surface area contributed by atoms with E-state index < -0.39 is 11.3 Å². The number of allylic oxidation sites excluding steroid dienone is 2. The Kier molecular flexibility index (Phi) is 6.25. The van der Waals surface area contributed by atoms with Gasteiger partial charge in [-0.3, -0.25) is 4.90 Å². The average Bonchev–Trinajstić information content (AvgIpc) is 2.78. The number of fused-ring (bicyclic) bond motifs is 1. The highest BCUT2D eigenvalue weighted by atomic mass is 16.5. The lowest BCUT2D eigenvalue weighted by molar-refractivity contribution is 0.213. The second-order valence-electron chi connectivity index (χ2n) is 8.10. The third-order valence-corrected chi connectivity index (χ3v) is 6.10. The van der Waals surface area contributed by atoms with E-state index in [4.69, 9.17) is 15.2 Å². The highest BCUT2D eigenvalue weighted by molar-refractivity contribution is 5.60. The molecule has 2 aliphatic rings. The Morgan fingerprint density at radius 3 is 2.48 bits per heavy atom. The number of nitriles is 3. The van der Waals surface area contributed by atoms with Crippen molar-refractivity contribution < 1.29 is 9.47 Å². The molecule has 1 aliphatic carbocycles. The first-order valence-electron chi connectivity index (χ1n) is 10.4. The third kappa shape index (κ3) is 3.61. The molecule has 1 aliphatic heterocycles. The Balaban J connectivity index is 2.26. The van der Waals surface area contributed by atoms with E-state index in [1.807, 2.05) is 32.1 Å². The van der Waals surface area contributed by atoms with Crippen molar-refractivity contribution in [3.8, 4) is 29.7 Å². The van der Waals surface area contributed by atoms with Crippen LogP contribution in [0.4, 0.5) is 0 Å². The molecule has 7 nitrogen and oxygen atoms in total. The smallest absolute Gasteiger partial charge is 0.191 e. The first-order chi connectivity index (χ1) is 14.9. The number of nitrogens with two attached hydrogens (primary N) is 1. The van der Waals surface area contributed by atoms with E-state index >= 15 is 0 Å². The predicted octanol–water partition coefficient (Wildman–Crippen LogP) is 3.23. The third-order valence-electron chi connectivity index (χ3n) is 6.10. The van der Waals surface area contributed by atoms with Crippen molar-refractivity contribution in [1.29, 1.82) is 15.8 Å². The van der Waals surface area contributed by atoms with Crippen LogP contribution in [0.5, 0.6) is 11.5 Å². The van der Waals surface area contributed by atoms with Gasteiger partial charge in [0.15, 0.2) is 16.9 Å². The monoisotopic (exact) mass is 417 g/mol. The van der Waals surface area contributed by atoms with E-state index in [1.54, 1.807) is 13.2 Å². The molecule has 0 aromatic heterocycles. The molecule has 3 rings (SSSR count). The van der Waals surface area contributed by atoms with Gasteiger partial charge >= 0.3 is 0 Å². The Hall–Kier alpha value is -3.47. The lowest BCUT2D eigenvalue weighted by atomic mass is 9.58. The molecule has 0 amide bonds. The van der Waals surface area contributed by atoms with Gasteiger partial charge in [-0.1, -0.05) is 19.1 Å². The van der Waals surface area contributed by atoms with Crippen molar-refractivity contribution in [1.82, 2.24) is 4.90 Å². The summed E-state index contributed by atoms with van der Waals surface area (Å²) < 4.78 is 11.4. The SMILES string of the molecule is CCN1CC=C2C(C#N)=C(N)C(C#N)(C#N)[C@@H](c3ccc(OC(C)C)c(OC)c3)C2C1. The molecule has 0 fully saturated rings. The maximum atomic E-state index is 10.2. The van der Waals surface area contributed by atoms with Crippen LogP contribution in [0, 0.1) is 45.3 Å². The highest BCUT2D eigenvalue weighted by Gasteiger charge is 2.54. The Labute approximate surface area is 183 Å². The van der Waals surface area contributed by atoms with Crippen molar-refractivity contribution in [2.45, 2.75) is 32.8 Å². The molecule has 1 aromatic carbocycles. The van der Waals surface area contributed by atoms with Gasteiger partial charge in [-0.2, -0.15) is 15.8 Å². The number of rotatable bonds is 5. The van der Waals surface area contributed by atoms with Crippen LogP contribution in [0.2, 0.25) is 0 Å². The fraction of sp³-hybridized carbons (Fsp3) is 0.458. The van der Waals surface area contributed by atoms with Crippen molar-refractivity contribution >= 4 is 0 Å². The molecule has 2 N–H and O–H groups in total. The maximum absolute atomic E-state index is 10.2. The van der Waals surface area contributed by atoms with E-state index in [0.29, 0.717) is 24.6 Å². The summed E-state index contributed by atoms with van der Waals surface area (Å²) in [7, 11) is 1.56. The van der Waals surface area contributed by atoms with E-state index in [0.717, 1.165) is 17.7 Å². The normalized spacial score (nSPS) is 22.6. The molecule has 0 saturated heterocycles. The van der Waals surface area contributed by atoms with Crippen LogP contribution >= 0.6 is 0 Å². The summed E-state index contributed by atoms with van der Waals surface area (Å²) in [5.41, 5.74) is 6.56. The van der Waals surface area contributed by atoms with Gasteiger partial charge in [0.1, 0.15) is 6.07 Å². The summed E-state index contributed by atoms with van der Waals surface area (Å²) in [6.45, 7) is 8.07. The lowest BCUT2D eigenvalue weighted by Crippen LogP contribution is -2.48. The van der Waals surface area contributed by atoms with E-state index in [2.05, 4.69) is 30.0 Å². The number of nitrogens with zero attached hydrogens (tertiary/aromatic N) is 4. The van der Waals surface area contributed by atoms with Crippen LogP contribution in [0.25, 0.3) is 0 Å². The van der Waals surface area contributed by atoms with Crippen molar-refractivity contribution in [2.24, 2.45) is 17.1 Å². The van der Waals surface area contributed by atoms with E-state index in [9.17, 15) is 15.8 Å². The number of hydrogen-bond acceptors (Lipinski definition) is 7. The van der Waals surface area contributed by atoms with Crippen LogP contribution < -0.4 is 15.2 Å². The van der Waals surface area contributed by atoms with Gasteiger partial charge in [-0.15, -0.1) is 0 Å². The van der Waals surface area contributed by atoms with Gasteiger partial charge in [-0.05, 0) is 43.7 Å². The summed E-state index contributed by atoms with van der Waals surface area (Å²) >= 11 is 0. The number of methoxy groups -OCH3 is 1. The molecule has 0 radical (unpaired) electrons. The molecular formula is C24H27N5O2. The fourth-order valence-electron chi connectivity index (χ4n) is 4.60. The van der Waals surface area contributed by atoms with Gasteiger partial charge in [-0.25, -0.2) is 0 Å². The Bertz CT molecular complexity index is 1040. The standard InChI is InChI=1S/C24H27N5O2/c1-5-29-9-8-17-18(11-25)23(28)24(13-26,14-27)22(19(17)12-29)16-6-7-20(31-15(2)3)21(10-16)30-4/h6-8,10,15,19,22H,5,9,12,28H2,1-4H3/t19?,22-/m0/s1. The van der Waals surface area contributed by atoms with Gasteiger partial charge in [0, 0.05) is 24.9 Å². The van der Waals surface area contributed by atoms with Gasteiger partial charge in [0.25, 0.3) is 0 Å². The van der Waals surface area contributed by atoms with Gasteiger partial charge in [0.2, 0.25) is 0 Å². The molecule has 1 heterocycles. The van der Waals surface area contributed by atoms with E-state index in [-0.39, 0.29) is 23.3 Å². The molecule has 160 valence electrons. The zero-order valence-corrected chi connectivity index (χ0v) is 18.3. The van der Waals surface area contributed by atoms with Crippen LogP contribution in [-0.2, 0) is 0 Å². The molecule has 0 saturated carbocycles. The minimum atomic E-state index is -1.66. The molecular weight excluding hydrogens is 390 g/mol. The zero-order chi connectivity index (χ0) is 22.8. The maximum Gasteiger partial charge on any atom is 0.191 e. The average molecular weight is 418 g/mol. The first kappa shape index (κ1) is 22.2. The van der Waals surface area contributed by atoms with Crippen LogP contribution in [0.15, 0.2) is 41.1 Å². The second kappa shape index (κ2) is 8.72. The molecule has 31 heavy (non-hydrogen) atoms. The highest BCUT2D eigenvalue weighted by Crippen LogP contribution is 2.54. The predicted molar refractivity (Wildman–Crippen MR) is 116 cm³/mol. The van der Waals surface area contributed by atoms with Gasteiger partial charge < -0.3 is 15.2 Å². The zero-order valence-electron chi connectivity index (χ0n) is 18.3. The minimum Gasteiger partial charge on any atom is -0.493 e. The first-order valence-corrected chi connectivity index (χ1v) is 10.4. The summed E-state index contributed by atoms with van der Waals surface area (Å²) in [5, 5.41) is 30.2. The second-order valence-corrected chi connectivity index (χ2v) is 8.10. The summed E-state index contributed by atoms with van der Waals surface area (Å²) in [6, 6.07) is 12.0. The topological polar surface area (TPSA) is 119 Å². The van der Waals surface area contributed by atoms with Gasteiger partial charge in [0.05, 0.1) is 36.6 Å². The Morgan fingerprint density at radius 1 is 1.23 bits per heavy atom. The fourth-order valence-corrected chi connectivity index (χ4v) is 4.60. The number of benzene rings is 1. The molecule has 1 unspecified atom stereocenters. The lowest BCUT2D eigenvalue weighted by Gasteiger charge is -2.45. The van der Waals surface area contributed by atoms with Crippen molar-refractivity contribution in [3.63, 3.8) is 0 Å². The van der Waals surface area contributed by atoms with Crippen LogP contribution in [0.3, 0.4) is 0 Å². The van der Waals surface area contributed by atoms with Crippen LogP contribution in [0.1, 0.15) is 32.3 Å². The number of likely N-dealkylation sites (N-methyl/N-ethyl adjacent to an activating group) is 1. The molecule has 0 spiro atoms. The largest absolute Gasteiger partial charge is 0.493 e. The van der Waals surface area contributed by atoms with Crippen molar-refractivity contribution in [3.05, 3.63) is 46.7 Å². The van der Waals surface area contributed by atoms with E-state index in [1.165, 1.54) is 0 Å². The molecule has 2 atom stereocenters.